The van der Waals surface area contributed by atoms with Crippen molar-refractivity contribution in [2.24, 2.45) is 0 Å². The molecule has 2 bridgehead atoms. The van der Waals surface area contributed by atoms with Crippen LogP contribution in [-0.2, 0) is 13.6 Å². The van der Waals surface area contributed by atoms with Crippen molar-refractivity contribution in [3.05, 3.63) is 0 Å². The van der Waals surface area contributed by atoms with E-state index in [-0.39, 0.29) is 0 Å². The molecule has 3 saturated heterocycles. The SMILES string of the molecule is C1C[NH+]2CCOP(O1)OCC2.F[B-](F)(F)F. The molecule has 10 heteroatoms. The maximum absolute atomic E-state index is 9.75. The number of rotatable bonds is 0. The lowest BCUT2D eigenvalue weighted by molar-refractivity contribution is -0.902. The van der Waals surface area contributed by atoms with Crippen LogP contribution in [0.3, 0.4) is 0 Å². The summed E-state index contributed by atoms with van der Waals surface area (Å²) < 4.78 is 55.1. The summed E-state index contributed by atoms with van der Waals surface area (Å²) in [6, 6.07) is 0. The first kappa shape index (κ1) is 14.1. The van der Waals surface area contributed by atoms with Crippen LogP contribution in [0, 0.1) is 0 Å². The molecule has 0 atom stereocenters. The average molecular weight is 265 g/mol. The van der Waals surface area contributed by atoms with Gasteiger partial charge in [0.15, 0.2) is 0 Å². The summed E-state index contributed by atoms with van der Waals surface area (Å²) in [5.74, 6) is 0. The highest BCUT2D eigenvalue weighted by Crippen LogP contribution is 2.39. The highest BCUT2D eigenvalue weighted by molar-refractivity contribution is 7.41. The highest BCUT2D eigenvalue weighted by Gasteiger charge is 2.23. The van der Waals surface area contributed by atoms with Crippen molar-refractivity contribution in [2.45, 2.75) is 0 Å². The Morgan fingerprint density at radius 1 is 0.812 bits per heavy atom. The van der Waals surface area contributed by atoms with Crippen LogP contribution in [0.15, 0.2) is 0 Å². The number of quaternary nitrogens is 1. The number of fused-ring (bicyclic) bond motifs is 6. The van der Waals surface area contributed by atoms with E-state index in [1.165, 1.54) is 4.90 Å². The van der Waals surface area contributed by atoms with E-state index in [0.717, 1.165) is 39.5 Å². The second kappa shape index (κ2) is 6.71. The van der Waals surface area contributed by atoms with Crippen LogP contribution in [0.4, 0.5) is 17.3 Å². The molecule has 3 fully saturated rings. The smallest absolute Gasteiger partial charge is 0.418 e. The van der Waals surface area contributed by atoms with Gasteiger partial charge in [0.1, 0.15) is 39.5 Å². The molecule has 0 aliphatic carbocycles. The van der Waals surface area contributed by atoms with Gasteiger partial charge in [0.05, 0.1) is 0 Å². The largest absolute Gasteiger partial charge is 0.673 e. The summed E-state index contributed by atoms with van der Waals surface area (Å²) in [6.45, 7) is 5.64. The number of nitrogens with one attached hydrogen (secondary N) is 1. The zero-order valence-electron chi connectivity index (χ0n) is 8.50. The molecule has 0 aromatic heterocycles. The normalized spacial score (nSPS) is 30.8. The van der Waals surface area contributed by atoms with Crippen molar-refractivity contribution in [3.8, 4) is 0 Å². The third-order valence-electron chi connectivity index (χ3n) is 1.96. The van der Waals surface area contributed by atoms with Crippen molar-refractivity contribution >= 4 is 15.9 Å². The molecule has 1 N–H and O–H groups in total. The molecule has 3 aliphatic heterocycles. The Kier molecular flexibility index (Phi) is 5.92. The van der Waals surface area contributed by atoms with Gasteiger partial charge in [-0.1, -0.05) is 0 Å². The second-order valence-electron chi connectivity index (χ2n) is 3.22. The predicted octanol–water partition coefficient (Wildman–Crippen LogP) is 0.475. The van der Waals surface area contributed by atoms with Crippen molar-refractivity contribution < 1.29 is 35.7 Å². The van der Waals surface area contributed by atoms with E-state index >= 15 is 0 Å². The summed E-state index contributed by atoms with van der Waals surface area (Å²) in [6.07, 6.45) is 0. The topological polar surface area (TPSA) is 32.1 Å². The van der Waals surface area contributed by atoms with Gasteiger partial charge in [0.25, 0.3) is 0 Å². The molecule has 0 aromatic rings. The summed E-state index contributed by atoms with van der Waals surface area (Å²) in [5, 5.41) is 0. The number of hydrogen-bond donors (Lipinski definition) is 1. The van der Waals surface area contributed by atoms with Gasteiger partial charge in [-0.25, -0.2) is 0 Å². The van der Waals surface area contributed by atoms with E-state index in [1.807, 2.05) is 0 Å². The highest BCUT2D eigenvalue weighted by atomic mass is 31.2. The monoisotopic (exact) mass is 265 g/mol. The van der Waals surface area contributed by atoms with Crippen LogP contribution in [0.25, 0.3) is 0 Å². The van der Waals surface area contributed by atoms with Crippen LogP contribution >= 0.6 is 8.60 Å². The predicted molar refractivity (Wildman–Crippen MR) is 50.5 cm³/mol. The molecule has 0 saturated carbocycles. The molecule has 3 aliphatic rings. The van der Waals surface area contributed by atoms with Gasteiger partial charge in [-0.2, -0.15) is 0 Å². The Hall–Kier alpha value is 0.0549. The van der Waals surface area contributed by atoms with E-state index in [4.69, 9.17) is 13.6 Å². The number of hydrogen-bond acceptors (Lipinski definition) is 3. The van der Waals surface area contributed by atoms with Gasteiger partial charge in [0, 0.05) is 0 Å². The third-order valence-corrected chi connectivity index (χ3v) is 3.14. The molecule has 0 radical (unpaired) electrons. The third kappa shape index (κ3) is 7.35. The molecular formula is C6H13BF4NO3P. The number of halogens is 4. The van der Waals surface area contributed by atoms with Crippen molar-refractivity contribution in [3.63, 3.8) is 0 Å². The molecule has 3 heterocycles. The van der Waals surface area contributed by atoms with Crippen LogP contribution in [0.1, 0.15) is 0 Å². The lowest BCUT2D eigenvalue weighted by Gasteiger charge is -2.28. The zero-order chi connectivity index (χ0) is 12.0. The van der Waals surface area contributed by atoms with E-state index in [9.17, 15) is 17.3 Å². The van der Waals surface area contributed by atoms with Crippen LogP contribution in [-0.4, -0.2) is 46.7 Å². The molecule has 0 unspecified atom stereocenters. The minimum atomic E-state index is -6.00. The first-order chi connectivity index (χ1) is 7.45. The van der Waals surface area contributed by atoms with Crippen LogP contribution in [0.5, 0.6) is 0 Å². The molecule has 0 amide bonds. The second-order valence-corrected chi connectivity index (χ2v) is 4.44. The minimum Gasteiger partial charge on any atom is -0.418 e. The fraction of sp³-hybridized carbons (Fsp3) is 1.00. The van der Waals surface area contributed by atoms with Gasteiger partial charge < -0.3 is 35.7 Å². The van der Waals surface area contributed by atoms with Gasteiger partial charge in [-0.15, -0.1) is 0 Å². The van der Waals surface area contributed by atoms with Gasteiger partial charge >= 0.3 is 15.9 Å². The van der Waals surface area contributed by atoms with E-state index in [1.54, 1.807) is 0 Å². The molecule has 0 aromatic carbocycles. The molecular weight excluding hydrogens is 252 g/mol. The fourth-order valence-electron chi connectivity index (χ4n) is 1.28. The van der Waals surface area contributed by atoms with Gasteiger partial charge in [-0.05, 0) is 0 Å². The van der Waals surface area contributed by atoms with E-state index in [2.05, 4.69) is 0 Å². The van der Waals surface area contributed by atoms with Crippen LogP contribution in [0.2, 0.25) is 0 Å². The standard InChI is InChI=1S/C6H12NO3P.BF4/c1-4-8-11-9-5-2-7(1)3-6-10-11;2-1(3,4)5/h1-6H2;/q;-1/p+1. The molecule has 0 spiro atoms. The Labute approximate surface area is 91.9 Å². The lowest BCUT2D eigenvalue weighted by atomic mass is 10.3. The molecule has 3 rings (SSSR count). The first-order valence-electron chi connectivity index (χ1n) is 4.85. The van der Waals surface area contributed by atoms with Gasteiger partial charge in [-0.3, -0.25) is 0 Å². The molecule has 96 valence electrons. The molecule has 16 heavy (non-hydrogen) atoms. The quantitative estimate of drug-likeness (QED) is 0.392. The Balaban J connectivity index is 0.000000221. The average Bonchev–Trinajstić information content (AvgIpc) is 1.94. The maximum atomic E-state index is 9.75. The summed E-state index contributed by atoms with van der Waals surface area (Å²) in [7, 11) is -6.99. The van der Waals surface area contributed by atoms with Crippen LogP contribution < -0.4 is 4.90 Å². The maximum Gasteiger partial charge on any atom is 0.673 e. The van der Waals surface area contributed by atoms with Crippen molar-refractivity contribution in [2.75, 3.05) is 39.5 Å². The Morgan fingerprint density at radius 3 is 1.44 bits per heavy atom. The zero-order valence-corrected chi connectivity index (χ0v) is 9.40. The minimum absolute atomic E-state index is 0.779. The summed E-state index contributed by atoms with van der Waals surface area (Å²) >= 11 is 0. The van der Waals surface area contributed by atoms with Crippen molar-refractivity contribution in [1.82, 2.24) is 0 Å². The summed E-state index contributed by atoms with van der Waals surface area (Å²) in [4.78, 5) is 1.53. The fourth-order valence-corrected chi connectivity index (χ4v) is 2.23. The lowest BCUT2D eigenvalue weighted by Crippen LogP contribution is -3.13. The molecule has 4 nitrogen and oxygen atoms in total. The van der Waals surface area contributed by atoms with E-state index in [0.29, 0.717) is 0 Å². The Bertz CT molecular complexity index is 169. The Morgan fingerprint density at radius 2 is 1.12 bits per heavy atom. The first-order valence-corrected chi connectivity index (χ1v) is 5.94. The van der Waals surface area contributed by atoms with E-state index < -0.39 is 15.9 Å². The van der Waals surface area contributed by atoms with Gasteiger partial charge in [0.2, 0.25) is 0 Å². The van der Waals surface area contributed by atoms with Crippen molar-refractivity contribution in [1.29, 1.82) is 0 Å². The summed E-state index contributed by atoms with van der Waals surface area (Å²) in [5.41, 5.74) is 0.